The molecule has 6 heteroatoms. The Balaban J connectivity index is 1.85. The van der Waals surface area contributed by atoms with Gasteiger partial charge in [0.05, 0.1) is 11.5 Å². The van der Waals surface area contributed by atoms with Crippen LogP contribution in [0.5, 0.6) is 0 Å². The van der Waals surface area contributed by atoms with Gasteiger partial charge in [0.25, 0.3) is 5.91 Å². The Morgan fingerprint density at radius 2 is 2.11 bits per heavy atom. The number of hydrogen-bond donors (Lipinski definition) is 1. The molecule has 1 aliphatic heterocycles. The van der Waals surface area contributed by atoms with E-state index in [1.165, 1.54) is 11.3 Å². The molecule has 4 rings (SSSR count). The van der Waals surface area contributed by atoms with Gasteiger partial charge >= 0.3 is 0 Å². The van der Waals surface area contributed by atoms with Gasteiger partial charge in [-0.05, 0) is 37.8 Å². The number of nitrogens with zero attached hydrogens (tertiary/aromatic N) is 2. The summed E-state index contributed by atoms with van der Waals surface area (Å²) in [6, 6.07) is 7.72. The minimum absolute atomic E-state index is 0.0555. The Labute approximate surface area is 163 Å². The summed E-state index contributed by atoms with van der Waals surface area (Å²) in [5.41, 5.74) is 1.08. The van der Waals surface area contributed by atoms with E-state index in [2.05, 4.69) is 24.1 Å². The Kier molecular flexibility index (Phi) is 4.76. The molecule has 0 unspecified atom stereocenters. The predicted octanol–water partition coefficient (Wildman–Crippen LogP) is 4.43. The summed E-state index contributed by atoms with van der Waals surface area (Å²) in [7, 11) is 0. The lowest BCUT2D eigenvalue weighted by atomic mass is 9.70. The van der Waals surface area contributed by atoms with E-state index >= 15 is 0 Å². The van der Waals surface area contributed by atoms with E-state index in [4.69, 9.17) is 0 Å². The molecular weight excluding hydrogens is 358 g/mol. The van der Waals surface area contributed by atoms with E-state index in [1.54, 1.807) is 6.20 Å². The van der Waals surface area contributed by atoms with Crippen molar-refractivity contribution in [3.63, 3.8) is 0 Å². The molecule has 2 atom stereocenters. The Hall–Kier alpha value is -2.21. The average Bonchev–Trinajstić information content (AvgIpc) is 3.34. The normalized spacial score (nSPS) is 21.9. The topological polar surface area (TPSA) is 62.3 Å². The molecular formula is C21H25N3O2S. The Bertz CT molecular complexity index is 843. The zero-order chi connectivity index (χ0) is 19.0. The lowest BCUT2D eigenvalue weighted by molar-refractivity contribution is -0.121. The fourth-order valence-electron chi connectivity index (χ4n) is 4.89. The number of anilines is 1. The third kappa shape index (κ3) is 2.87. The van der Waals surface area contributed by atoms with Crippen LogP contribution in [-0.2, 0) is 4.79 Å². The molecule has 5 nitrogen and oxygen atoms in total. The van der Waals surface area contributed by atoms with E-state index < -0.39 is 5.54 Å². The second kappa shape index (κ2) is 7.08. The molecule has 142 valence electrons. The number of nitrogens with one attached hydrogen (secondary N) is 1. The van der Waals surface area contributed by atoms with Crippen molar-refractivity contribution in [2.45, 2.75) is 63.5 Å². The lowest BCUT2D eigenvalue weighted by Crippen LogP contribution is -2.62. The third-order valence-electron chi connectivity index (χ3n) is 6.16. The Morgan fingerprint density at radius 1 is 1.37 bits per heavy atom. The van der Waals surface area contributed by atoms with Crippen LogP contribution in [0.15, 0.2) is 35.8 Å². The first-order valence-electron chi connectivity index (χ1n) is 9.71. The monoisotopic (exact) mass is 383 g/mol. The lowest BCUT2D eigenvalue weighted by Gasteiger charge is -2.52. The summed E-state index contributed by atoms with van der Waals surface area (Å²) in [5.74, 6) is -0.355. The highest BCUT2D eigenvalue weighted by Gasteiger charge is 2.56. The number of aromatic nitrogens is 1. The second-order valence-electron chi connectivity index (χ2n) is 7.59. The summed E-state index contributed by atoms with van der Waals surface area (Å²) in [6.45, 7) is 4.20. The number of carbonyl (C=O) groups is 2. The number of fused-ring (bicyclic) bond motifs is 1. The highest BCUT2D eigenvalue weighted by Crippen LogP contribution is 2.51. The number of carbonyl (C=O) groups excluding carboxylic acids is 2. The molecule has 1 spiro atoms. The van der Waals surface area contributed by atoms with Gasteiger partial charge in [-0.1, -0.05) is 38.0 Å². The van der Waals surface area contributed by atoms with Crippen LogP contribution >= 0.6 is 11.3 Å². The summed E-state index contributed by atoms with van der Waals surface area (Å²) >= 11 is 1.42. The van der Waals surface area contributed by atoms with Crippen molar-refractivity contribution in [1.29, 1.82) is 0 Å². The standard InChI is InChI=1S/C21H25N3O2S/c1-3-14(2)24-19(26)16-9-5-4-8-15(16)17(21(24)10-6-7-11-21)18(25)23-20-22-12-13-27-20/h4-5,8-9,12-14,17H,3,6-7,10-11H2,1-2H3,(H,22,23,25)/t14-,17+/m1/s1. The van der Waals surface area contributed by atoms with E-state index in [1.807, 2.05) is 34.5 Å². The largest absolute Gasteiger partial charge is 0.329 e. The zero-order valence-electron chi connectivity index (χ0n) is 15.8. The van der Waals surface area contributed by atoms with Gasteiger partial charge in [-0.15, -0.1) is 11.3 Å². The van der Waals surface area contributed by atoms with Gasteiger partial charge in [-0.25, -0.2) is 4.98 Å². The molecule has 2 aliphatic rings. The first-order chi connectivity index (χ1) is 13.1. The SMILES string of the molecule is CC[C@@H](C)N1C(=O)c2ccccc2[C@@H](C(=O)Nc2nccs2)C12CCCC2. The molecule has 1 N–H and O–H groups in total. The van der Waals surface area contributed by atoms with Gasteiger partial charge in [-0.3, -0.25) is 9.59 Å². The van der Waals surface area contributed by atoms with Crippen LogP contribution in [0.1, 0.15) is 67.8 Å². The molecule has 2 heterocycles. The molecule has 1 aromatic carbocycles. The number of thiazole rings is 1. The summed E-state index contributed by atoms with van der Waals surface area (Å²) in [6.07, 6.45) is 6.39. The van der Waals surface area contributed by atoms with Crippen molar-refractivity contribution in [2.75, 3.05) is 5.32 Å². The van der Waals surface area contributed by atoms with Crippen molar-refractivity contribution in [1.82, 2.24) is 9.88 Å². The highest BCUT2D eigenvalue weighted by atomic mass is 32.1. The van der Waals surface area contributed by atoms with Gasteiger partial charge in [-0.2, -0.15) is 0 Å². The fourth-order valence-corrected chi connectivity index (χ4v) is 5.42. The van der Waals surface area contributed by atoms with Crippen LogP contribution in [0.4, 0.5) is 5.13 Å². The second-order valence-corrected chi connectivity index (χ2v) is 8.48. The van der Waals surface area contributed by atoms with Crippen molar-refractivity contribution in [3.05, 3.63) is 47.0 Å². The number of amides is 2. The van der Waals surface area contributed by atoms with E-state index in [9.17, 15) is 9.59 Å². The van der Waals surface area contributed by atoms with Crippen molar-refractivity contribution >= 4 is 28.3 Å². The molecule has 2 amide bonds. The van der Waals surface area contributed by atoms with Gasteiger partial charge in [0.15, 0.2) is 5.13 Å². The summed E-state index contributed by atoms with van der Waals surface area (Å²) in [4.78, 5) is 33.2. The molecule has 27 heavy (non-hydrogen) atoms. The maximum atomic E-state index is 13.5. The van der Waals surface area contributed by atoms with Gasteiger partial charge in [0.2, 0.25) is 5.91 Å². The predicted molar refractivity (Wildman–Crippen MR) is 107 cm³/mol. The van der Waals surface area contributed by atoms with Crippen molar-refractivity contribution < 1.29 is 9.59 Å². The summed E-state index contributed by atoms with van der Waals surface area (Å²) < 4.78 is 0. The molecule has 1 aromatic heterocycles. The smallest absolute Gasteiger partial charge is 0.254 e. The Morgan fingerprint density at radius 3 is 2.78 bits per heavy atom. The maximum absolute atomic E-state index is 13.5. The van der Waals surface area contributed by atoms with Crippen molar-refractivity contribution in [3.8, 4) is 0 Å². The van der Waals surface area contributed by atoms with Gasteiger partial charge in [0, 0.05) is 23.2 Å². The molecule has 2 aromatic rings. The molecule has 1 saturated carbocycles. The van der Waals surface area contributed by atoms with E-state index in [0.29, 0.717) is 10.7 Å². The van der Waals surface area contributed by atoms with Gasteiger partial charge < -0.3 is 10.2 Å². The number of rotatable bonds is 4. The average molecular weight is 384 g/mol. The van der Waals surface area contributed by atoms with Crippen LogP contribution in [0.3, 0.4) is 0 Å². The fraction of sp³-hybridized carbons (Fsp3) is 0.476. The van der Waals surface area contributed by atoms with Crippen LogP contribution in [0.2, 0.25) is 0 Å². The van der Waals surface area contributed by atoms with Crippen molar-refractivity contribution in [2.24, 2.45) is 0 Å². The molecule has 1 fully saturated rings. The summed E-state index contributed by atoms with van der Waals surface area (Å²) in [5, 5.41) is 5.47. The van der Waals surface area contributed by atoms with Crippen LogP contribution in [-0.4, -0.2) is 33.3 Å². The minimum Gasteiger partial charge on any atom is -0.329 e. The first-order valence-corrected chi connectivity index (χ1v) is 10.6. The first kappa shape index (κ1) is 18.2. The van der Waals surface area contributed by atoms with Gasteiger partial charge in [0.1, 0.15) is 0 Å². The van der Waals surface area contributed by atoms with Crippen LogP contribution in [0, 0.1) is 0 Å². The highest BCUT2D eigenvalue weighted by molar-refractivity contribution is 7.13. The molecule has 0 radical (unpaired) electrons. The van der Waals surface area contributed by atoms with E-state index in [-0.39, 0.29) is 23.8 Å². The maximum Gasteiger partial charge on any atom is 0.254 e. The van der Waals surface area contributed by atoms with E-state index in [0.717, 1.165) is 37.7 Å². The molecule has 0 saturated heterocycles. The number of hydrogen-bond acceptors (Lipinski definition) is 4. The van der Waals surface area contributed by atoms with Crippen LogP contribution < -0.4 is 5.32 Å². The van der Waals surface area contributed by atoms with Crippen LogP contribution in [0.25, 0.3) is 0 Å². The number of benzene rings is 1. The quantitative estimate of drug-likeness (QED) is 0.849. The minimum atomic E-state index is -0.442. The third-order valence-corrected chi connectivity index (χ3v) is 6.85. The molecule has 1 aliphatic carbocycles. The molecule has 0 bridgehead atoms. The zero-order valence-corrected chi connectivity index (χ0v) is 16.6.